The molecule has 8 heteroatoms. The van der Waals surface area contributed by atoms with Crippen LogP contribution in [0.5, 0.6) is 5.75 Å². The van der Waals surface area contributed by atoms with Crippen LogP contribution in [0.4, 0.5) is 5.69 Å². The minimum atomic E-state index is -0.159. The highest BCUT2D eigenvalue weighted by atomic mass is 35.5. The number of ketones is 1. The number of pyridine rings is 2. The zero-order valence-electron chi connectivity index (χ0n) is 16.7. The largest absolute Gasteiger partial charge is 0.505 e. The van der Waals surface area contributed by atoms with Crippen LogP contribution in [-0.2, 0) is 0 Å². The summed E-state index contributed by atoms with van der Waals surface area (Å²) in [7, 11) is 2.11. The number of nitrogens with zero attached hydrogens (tertiary/aromatic N) is 3. The van der Waals surface area contributed by atoms with Crippen LogP contribution in [0, 0.1) is 0 Å². The Hall–Kier alpha value is -2.41. The van der Waals surface area contributed by atoms with E-state index in [4.69, 9.17) is 28.2 Å². The van der Waals surface area contributed by atoms with Crippen molar-refractivity contribution in [2.24, 2.45) is 0 Å². The average Bonchev–Trinajstić information content (AvgIpc) is 2.73. The minimum absolute atomic E-state index is 0.0669. The monoisotopic (exact) mass is 444 g/mol. The van der Waals surface area contributed by atoms with Crippen molar-refractivity contribution in [3.05, 3.63) is 46.1 Å². The second-order valence-electron chi connectivity index (χ2n) is 7.68. The molecule has 0 aliphatic carbocycles. The average molecular weight is 445 g/mol. The third-order valence-electron chi connectivity index (χ3n) is 5.47. The van der Waals surface area contributed by atoms with Gasteiger partial charge in [0.15, 0.2) is 11.5 Å². The number of carbonyl (C=O) groups is 1. The van der Waals surface area contributed by atoms with E-state index in [0.29, 0.717) is 33.5 Å². The number of rotatable bonds is 4. The Bertz CT molecular complexity index is 1100. The van der Waals surface area contributed by atoms with E-state index in [1.807, 2.05) is 12.1 Å². The van der Waals surface area contributed by atoms with Crippen molar-refractivity contribution in [1.82, 2.24) is 14.9 Å². The first-order chi connectivity index (χ1) is 14.3. The first-order valence-electron chi connectivity index (χ1n) is 9.77. The lowest BCUT2D eigenvalue weighted by Gasteiger charge is -2.30. The highest BCUT2D eigenvalue weighted by molar-refractivity contribution is 6.37. The molecular weight excluding hydrogens is 423 g/mol. The molecule has 0 atom stereocenters. The lowest BCUT2D eigenvalue weighted by Crippen LogP contribution is -2.37. The highest BCUT2D eigenvalue weighted by Crippen LogP contribution is 2.37. The van der Waals surface area contributed by atoms with Gasteiger partial charge in [-0.3, -0.25) is 9.78 Å². The predicted molar refractivity (Wildman–Crippen MR) is 121 cm³/mol. The minimum Gasteiger partial charge on any atom is -0.505 e. The zero-order valence-corrected chi connectivity index (χ0v) is 18.3. The number of piperidine rings is 1. The number of nitrogens with one attached hydrogen (secondary N) is 1. The standard InChI is InChI=1S/C22H22Cl2N4O2/c1-12(29)15-11-25-19-4-3-18(13-9-16(23)22(30)17(24)10-13)27-21(19)20(15)26-14-5-7-28(2)8-6-14/h3-4,9-11,14,30H,5-8H2,1-2H3,(H,25,26). The van der Waals surface area contributed by atoms with Gasteiger partial charge in [-0.05, 0) is 64.2 Å². The van der Waals surface area contributed by atoms with E-state index in [2.05, 4.69) is 22.2 Å². The Balaban J connectivity index is 1.82. The summed E-state index contributed by atoms with van der Waals surface area (Å²) in [6.07, 6.45) is 3.58. The number of aromatic nitrogens is 2. The number of halogens is 2. The number of likely N-dealkylation sites (tertiary alicyclic amines) is 1. The molecule has 3 aromatic rings. The lowest BCUT2D eigenvalue weighted by atomic mass is 10.0. The molecule has 0 radical (unpaired) electrons. The molecule has 156 valence electrons. The Kier molecular flexibility index (Phi) is 5.82. The third-order valence-corrected chi connectivity index (χ3v) is 6.05. The van der Waals surface area contributed by atoms with Crippen molar-refractivity contribution in [3.8, 4) is 17.0 Å². The molecule has 1 saturated heterocycles. The fourth-order valence-corrected chi connectivity index (χ4v) is 4.20. The summed E-state index contributed by atoms with van der Waals surface area (Å²) >= 11 is 12.2. The lowest BCUT2D eigenvalue weighted by molar-refractivity contribution is 0.101. The molecule has 0 saturated carbocycles. The van der Waals surface area contributed by atoms with E-state index < -0.39 is 0 Å². The van der Waals surface area contributed by atoms with Gasteiger partial charge in [0, 0.05) is 17.8 Å². The molecule has 0 bridgehead atoms. The second-order valence-corrected chi connectivity index (χ2v) is 8.49. The number of carbonyl (C=O) groups excluding carboxylic acids is 1. The molecule has 30 heavy (non-hydrogen) atoms. The van der Waals surface area contributed by atoms with E-state index >= 15 is 0 Å². The van der Waals surface area contributed by atoms with E-state index in [1.54, 1.807) is 18.3 Å². The summed E-state index contributed by atoms with van der Waals surface area (Å²) in [5, 5.41) is 13.7. The van der Waals surface area contributed by atoms with Crippen molar-refractivity contribution in [1.29, 1.82) is 0 Å². The van der Waals surface area contributed by atoms with Crippen molar-refractivity contribution in [2.75, 3.05) is 25.5 Å². The van der Waals surface area contributed by atoms with Crippen molar-refractivity contribution in [3.63, 3.8) is 0 Å². The molecule has 1 aliphatic heterocycles. The topological polar surface area (TPSA) is 78.3 Å². The summed E-state index contributed by atoms with van der Waals surface area (Å²) in [5.41, 5.74) is 3.84. The quantitative estimate of drug-likeness (QED) is 0.550. The van der Waals surface area contributed by atoms with Gasteiger partial charge in [0.05, 0.1) is 32.5 Å². The summed E-state index contributed by atoms with van der Waals surface area (Å²) in [6, 6.07) is 7.16. The fourth-order valence-electron chi connectivity index (χ4n) is 3.71. The van der Waals surface area contributed by atoms with Crippen LogP contribution in [0.15, 0.2) is 30.5 Å². The van der Waals surface area contributed by atoms with E-state index in [0.717, 1.165) is 25.9 Å². The van der Waals surface area contributed by atoms with Crippen LogP contribution in [0.25, 0.3) is 22.3 Å². The summed E-state index contributed by atoms with van der Waals surface area (Å²) in [4.78, 5) is 23.8. The number of aromatic hydroxyl groups is 1. The van der Waals surface area contributed by atoms with E-state index in [9.17, 15) is 9.90 Å². The molecule has 0 spiro atoms. The molecule has 6 nitrogen and oxygen atoms in total. The maximum atomic E-state index is 12.3. The van der Waals surface area contributed by atoms with E-state index in [-0.39, 0.29) is 27.6 Å². The smallest absolute Gasteiger partial charge is 0.163 e. The Labute approximate surface area is 184 Å². The maximum Gasteiger partial charge on any atom is 0.163 e. The van der Waals surface area contributed by atoms with Crippen LogP contribution in [-0.4, -0.2) is 51.9 Å². The molecule has 2 N–H and O–H groups in total. The Morgan fingerprint density at radius 1 is 1.20 bits per heavy atom. The van der Waals surface area contributed by atoms with Gasteiger partial charge in [-0.1, -0.05) is 23.2 Å². The molecule has 3 heterocycles. The van der Waals surface area contributed by atoms with Gasteiger partial charge in [-0.15, -0.1) is 0 Å². The molecule has 0 unspecified atom stereocenters. The first-order valence-corrected chi connectivity index (χ1v) is 10.5. The number of hydrogen-bond donors (Lipinski definition) is 2. The molecule has 1 aromatic carbocycles. The van der Waals surface area contributed by atoms with Crippen LogP contribution < -0.4 is 5.32 Å². The number of anilines is 1. The van der Waals surface area contributed by atoms with Crippen LogP contribution in [0.1, 0.15) is 30.1 Å². The van der Waals surface area contributed by atoms with Crippen molar-refractivity contribution in [2.45, 2.75) is 25.8 Å². The molecule has 0 amide bonds. The number of hydrogen-bond acceptors (Lipinski definition) is 6. The maximum absolute atomic E-state index is 12.3. The Morgan fingerprint density at radius 3 is 2.50 bits per heavy atom. The van der Waals surface area contributed by atoms with Gasteiger partial charge in [-0.25, -0.2) is 4.98 Å². The van der Waals surface area contributed by atoms with Gasteiger partial charge >= 0.3 is 0 Å². The number of Topliss-reactive ketones (excluding diaryl/α,β-unsaturated/α-hetero) is 1. The number of phenols is 1. The number of fused-ring (bicyclic) bond motifs is 1. The summed E-state index contributed by atoms with van der Waals surface area (Å²) in [6.45, 7) is 3.53. The fraction of sp³-hybridized carbons (Fsp3) is 0.318. The summed E-state index contributed by atoms with van der Waals surface area (Å²) in [5.74, 6) is -0.226. The van der Waals surface area contributed by atoms with Gasteiger partial charge in [0.1, 0.15) is 5.52 Å². The van der Waals surface area contributed by atoms with E-state index in [1.165, 1.54) is 6.92 Å². The predicted octanol–water partition coefficient (Wildman–Crippen LogP) is 5.02. The van der Waals surface area contributed by atoms with Gasteiger partial charge in [0.2, 0.25) is 0 Å². The SMILES string of the molecule is CC(=O)c1cnc2ccc(-c3cc(Cl)c(O)c(Cl)c3)nc2c1NC1CCN(C)CC1. The van der Waals surface area contributed by atoms with Crippen LogP contribution in [0.2, 0.25) is 10.0 Å². The van der Waals surface area contributed by atoms with Crippen molar-refractivity contribution < 1.29 is 9.90 Å². The van der Waals surface area contributed by atoms with Crippen molar-refractivity contribution >= 4 is 45.7 Å². The first kappa shape index (κ1) is 20.8. The molecule has 1 fully saturated rings. The normalized spacial score (nSPS) is 15.5. The van der Waals surface area contributed by atoms with Gasteiger partial charge in [0.25, 0.3) is 0 Å². The van der Waals surface area contributed by atoms with Crippen LogP contribution in [0.3, 0.4) is 0 Å². The number of benzene rings is 1. The van der Waals surface area contributed by atoms with Gasteiger partial charge < -0.3 is 15.3 Å². The number of phenolic OH excluding ortho intramolecular Hbond substituents is 1. The third kappa shape index (κ3) is 4.08. The highest BCUT2D eigenvalue weighted by Gasteiger charge is 2.21. The van der Waals surface area contributed by atoms with Gasteiger partial charge in [-0.2, -0.15) is 0 Å². The van der Waals surface area contributed by atoms with Crippen LogP contribution >= 0.6 is 23.2 Å². The zero-order chi connectivity index (χ0) is 21.4. The molecular formula is C22H22Cl2N4O2. The second kappa shape index (κ2) is 8.38. The molecule has 1 aliphatic rings. The molecule has 2 aromatic heterocycles. The molecule has 4 rings (SSSR count). The summed E-state index contributed by atoms with van der Waals surface area (Å²) < 4.78 is 0. The Morgan fingerprint density at radius 2 is 1.87 bits per heavy atom.